The number of fused-ring (bicyclic) bond motifs is 3. The van der Waals surface area contributed by atoms with Gasteiger partial charge in [0.1, 0.15) is 11.6 Å². The highest BCUT2D eigenvalue weighted by atomic mass is 35.5. The van der Waals surface area contributed by atoms with E-state index >= 15 is 4.39 Å². The van der Waals surface area contributed by atoms with Crippen LogP contribution in [-0.4, -0.2) is 0 Å². The lowest BCUT2D eigenvalue weighted by atomic mass is 9.98. The number of aryl methyl sites for hydroxylation is 1. The molecule has 0 aromatic heterocycles. The average Bonchev–Trinajstić information content (AvgIpc) is 2.97. The van der Waals surface area contributed by atoms with Gasteiger partial charge in [-0.25, -0.2) is 8.78 Å². The Morgan fingerprint density at radius 2 is 1.68 bits per heavy atom. The van der Waals surface area contributed by atoms with Gasteiger partial charge in [-0.3, -0.25) is 0 Å². The topological polar surface area (TPSA) is 0 Å². The number of benzene rings is 3. The van der Waals surface area contributed by atoms with E-state index in [-0.39, 0.29) is 10.8 Å². The Hall–Kier alpha value is -2.19. The van der Waals surface area contributed by atoms with Crippen LogP contribution in [0, 0.1) is 11.6 Å². The first kappa shape index (κ1) is 16.3. The Labute approximate surface area is 151 Å². The largest absolute Gasteiger partial charge is 0.206 e. The molecule has 25 heavy (non-hydrogen) atoms. The molecule has 0 bridgehead atoms. The minimum absolute atomic E-state index is 0.0428. The molecule has 0 saturated carbocycles. The SMILES string of the molecule is CCCc1ccc2c(c1)Cc1c-2ccc(-c2ccc(Cl)c(F)c2)c1F. The van der Waals surface area contributed by atoms with Gasteiger partial charge in [0, 0.05) is 17.5 Å². The second kappa shape index (κ2) is 6.27. The summed E-state index contributed by atoms with van der Waals surface area (Å²) < 4.78 is 28.9. The first-order valence-corrected chi connectivity index (χ1v) is 8.85. The molecule has 0 fully saturated rings. The highest BCUT2D eigenvalue weighted by Crippen LogP contribution is 2.41. The Kier molecular flexibility index (Phi) is 4.09. The maximum atomic E-state index is 15.1. The van der Waals surface area contributed by atoms with Crippen molar-refractivity contribution in [2.75, 3.05) is 0 Å². The van der Waals surface area contributed by atoms with E-state index < -0.39 is 5.82 Å². The highest BCUT2D eigenvalue weighted by molar-refractivity contribution is 6.30. The van der Waals surface area contributed by atoms with Gasteiger partial charge in [0.2, 0.25) is 0 Å². The van der Waals surface area contributed by atoms with Crippen molar-refractivity contribution in [2.45, 2.75) is 26.2 Å². The molecule has 0 N–H and O–H groups in total. The minimum Gasteiger partial charge on any atom is -0.206 e. The molecule has 0 saturated heterocycles. The molecule has 3 heteroatoms. The second-order valence-electron chi connectivity index (χ2n) is 6.50. The lowest BCUT2D eigenvalue weighted by Gasteiger charge is -2.09. The molecule has 0 atom stereocenters. The maximum absolute atomic E-state index is 15.1. The quantitative estimate of drug-likeness (QED) is 0.379. The van der Waals surface area contributed by atoms with Gasteiger partial charge in [0.15, 0.2) is 0 Å². The zero-order valence-electron chi connectivity index (χ0n) is 13.9. The summed E-state index contributed by atoms with van der Waals surface area (Å²) in [7, 11) is 0. The molecule has 0 spiro atoms. The predicted octanol–water partition coefficient (Wildman–Crippen LogP) is 6.81. The van der Waals surface area contributed by atoms with Gasteiger partial charge >= 0.3 is 0 Å². The van der Waals surface area contributed by atoms with E-state index in [4.69, 9.17) is 11.6 Å². The molecule has 0 heterocycles. The normalized spacial score (nSPS) is 12.2. The van der Waals surface area contributed by atoms with Crippen molar-refractivity contribution in [3.8, 4) is 22.3 Å². The van der Waals surface area contributed by atoms with Crippen LogP contribution in [0.4, 0.5) is 8.78 Å². The lowest BCUT2D eigenvalue weighted by Crippen LogP contribution is -1.93. The summed E-state index contributed by atoms with van der Waals surface area (Å²) in [5.74, 6) is -0.806. The van der Waals surface area contributed by atoms with Gasteiger partial charge in [-0.2, -0.15) is 0 Å². The molecule has 1 aliphatic rings. The zero-order chi connectivity index (χ0) is 17.6. The summed E-state index contributed by atoms with van der Waals surface area (Å²) in [5.41, 5.74) is 6.10. The smallest absolute Gasteiger partial charge is 0.142 e. The van der Waals surface area contributed by atoms with Gasteiger partial charge in [-0.05, 0) is 46.4 Å². The summed E-state index contributed by atoms with van der Waals surface area (Å²) in [6.07, 6.45) is 2.70. The molecule has 0 aliphatic heterocycles. The van der Waals surface area contributed by atoms with Gasteiger partial charge in [-0.15, -0.1) is 0 Å². The van der Waals surface area contributed by atoms with Gasteiger partial charge in [-0.1, -0.05) is 61.3 Å². The third-order valence-electron chi connectivity index (χ3n) is 4.84. The van der Waals surface area contributed by atoms with Crippen molar-refractivity contribution >= 4 is 11.6 Å². The van der Waals surface area contributed by atoms with Crippen LogP contribution in [-0.2, 0) is 12.8 Å². The molecular formula is C22H17ClF2. The molecule has 126 valence electrons. The Bertz CT molecular complexity index is 976. The summed E-state index contributed by atoms with van der Waals surface area (Å²) >= 11 is 5.73. The number of hydrogen-bond acceptors (Lipinski definition) is 0. The second-order valence-corrected chi connectivity index (χ2v) is 6.91. The fourth-order valence-electron chi connectivity index (χ4n) is 3.62. The maximum Gasteiger partial charge on any atom is 0.142 e. The summed E-state index contributed by atoms with van der Waals surface area (Å²) in [6, 6.07) is 14.5. The third-order valence-corrected chi connectivity index (χ3v) is 5.15. The first-order valence-electron chi connectivity index (χ1n) is 8.47. The summed E-state index contributed by atoms with van der Waals surface area (Å²) in [5, 5.41) is 0.0428. The van der Waals surface area contributed by atoms with Crippen LogP contribution in [0.1, 0.15) is 30.0 Å². The number of hydrogen-bond donors (Lipinski definition) is 0. The van der Waals surface area contributed by atoms with E-state index in [0.29, 0.717) is 23.1 Å². The van der Waals surface area contributed by atoms with E-state index in [9.17, 15) is 4.39 Å². The average molecular weight is 355 g/mol. The molecule has 0 radical (unpaired) electrons. The predicted molar refractivity (Wildman–Crippen MR) is 99.0 cm³/mol. The monoisotopic (exact) mass is 354 g/mol. The Morgan fingerprint density at radius 3 is 2.44 bits per heavy atom. The Balaban J connectivity index is 1.79. The van der Waals surface area contributed by atoms with Crippen LogP contribution in [0.5, 0.6) is 0 Å². The van der Waals surface area contributed by atoms with Crippen molar-refractivity contribution in [1.82, 2.24) is 0 Å². The number of rotatable bonds is 3. The van der Waals surface area contributed by atoms with Gasteiger partial charge in [0.05, 0.1) is 5.02 Å². The third kappa shape index (κ3) is 2.75. The molecule has 3 aromatic carbocycles. The van der Waals surface area contributed by atoms with Crippen molar-refractivity contribution in [1.29, 1.82) is 0 Å². The van der Waals surface area contributed by atoms with Crippen LogP contribution in [0.3, 0.4) is 0 Å². The van der Waals surface area contributed by atoms with Crippen molar-refractivity contribution < 1.29 is 8.78 Å². The molecule has 0 unspecified atom stereocenters. The van der Waals surface area contributed by atoms with Crippen molar-refractivity contribution in [3.63, 3.8) is 0 Å². The van der Waals surface area contributed by atoms with Crippen molar-refractivity contribution in [3.05, 3.63) is 81.9 Å². The first-order chi connectivity index (χ1) is 12.1. The molecule has 4 rings (SSSR count). The van der Waals surface area contributed by atoms with Crippen LogP contribution >= 0.6 is 11.6 Å². The molecule has 3 aromatic rings. The van der Waals surface area contributed by atoms with Gasteiger partial charge < -0.3 is 0 Å². The van der Waals surface area contributed by atoms with E-state index in [2.05, 4.69) is 25.1 Å². The van der Waals surface area contributed by atoms with E-state index in [1.165, 1.54) is 23.3 Å². The highest BCUT2D eigenvalue weighted by Gasteiger charge is 2.24. The van der Waals surface area contributed by atoms with E-state index in [0.717, 1.165) is 24.0 Å². The van der Waals surface area contributed by atoms with Crippen LogP contribution < -0.4 is 0 Å². The van der Waals surface area contributed by atoms with Gasteiger partial charge in [0.25, 0.3) is 0 Å². The zero-order valence-corrected chi connectivity index (χ0v) is 14.6. The molecule has 1 aliphatic carbocycles. The minimum atomic E-state index is -0.536. The van der Waals surface area contributed by atoms with Crippen molar-refractivity contribution in [2.24, 2.45) is 0 Å². The number of halogens is 3. The fourth-order valence-corrected chi connectivity index (χ4v) is 3.74. The van der Waals surface area contributed by atoms with Crippen LogP contribution in [0.15, 0.2) is 48.5 Å². The van der Waals surface area contributed by atoms with E-state index in [1.54, 1.807) is 12.1 Å². The van der Waals surface area contributed by atoms with Crippen LogP contribution in [0.2, 0.25) is 5.02 Å². The summed E-state index contributed by atoms with van der Waals surface area (Å²) in [4.78, 5) is 0. The standard InChI is InChI=1S/C22H17ClF2/c1-2-3-13-4-6-16-15(10-13)11-19-18(16)8-7-17(22(19)25)14-5-9-20(23)21(24)12-14/h4-10,12H,2-3,11H2,1H3. The molecule has 0 nitrogen and oxygen atoms in total. The Morgan fingerprint density at radius 1 is 0.920 bits per heavy atom. The fraction of sp³-hybridized carbons (Fsp3) is 0.182. The molecule has 0 amide bonds. The van der Waals surface area contributed by atoms with Crippen LogP contribution in [0.25, 0.3) is 22.3 Å². The lowest BCUT2D eigenvalue weighted by molar-refractivity contribution is 0.617. The molecular weight excluding hydrogens is 338 g/mol. The summed E-state index contributed by atoms with van der Waals surface area (Å²) in [6.45, 7) is 2.15. The van der Waals surface area contributed by atoms with E-state index in [1.807, 2.05) is 6.07 Å².